The van der Waals surface area contributed by atoms with Crippen molar-refractivity contribution >= 4 is 23.9 Å². The quantitative estimate of drug-likeness (QED) is 0.468. The number of unbranched alkanes of at least 4 members (excludes halogenated alkanes) is 1. The number of benzene rings is 2. The minimum Gasteiger partial charge on any atom is -0.386 e. The Morgan fingerprint density at radius 2 is 0.923 bits per heavy atom. The van der Waals surface area contributed by atoms with Gasteiger partial charge in [0.05, 0.1) is 22.3 Å². The molecule has 6 nitrogen and oxygen atoms in total. The smallest absolute Gasteiger partial charge is 0.346 e. The maximum atomic E-state index is 11.6. The number of esters is 4. The van der Waals surface area contributed by atoms with E-state index in [1.807, 2.05) is 12.1 Å². The molecule has 0 radical (unpaired) electrons. The zero-order chi connectivity index (χ0) is 18.3. The van der Waals surface area contributed by atoms with Gasteiger partial charge in [0.2, 0.25) is 0 Å². The summed E-state index contributed by atoms with van der Waals surface area (Å²) in [5, 5.41) is 0. The van der Waals surface area contributed by atoms with Gasteiger partial charge in [0, 0.05) is 0 Å². The van der Waals surface area contributed by atoms with Crippen molar-refractivity contribution in [1.82, 2.24) is 0 Å². The Bertz CT molecular complexity index is 893. The summed E-state index contributed by atoms with van der Waals surface area (Å²) in [6.07, 6.45) is 3.28. The van der Waals surface area contributed by atoms with Crippen LogP contribution in [-0.2, 0) is 22.3 Å². The van der Waals surface area contributed by atoms with Crippen LogP contribution < -0.4 is 0 Å². The second-order valence-corrected chi connectivity index (χ2v) is 6.32. The van der Waals surface area contributed by atoms with Crippen molar-refractivity contribution in [3.63, 3.8) is 0 Å². The lowest BCUT2D eigenvalue weighted by atomic mass is 9.98. The number of aryl methyl sites for hydroxylation is 2. The summed E-state index contributed by atoms with van der Waals surface area (Å²) >= 11 is 0. The Morgan fingerprint density at radius 3 is 1.35 bits per heavy atom. The predicted molar refractivity (Wildman–Crippen MR) is 89.0 cm³/mol. The Kier molecular flexibility index (Phi) is 3.88. The number of cyclic esters (lactones) is 4. The normalized spacial score (nSPS) is 14.9. The third-order valence-electron chi connectivity index (χ3n) is 4.60. The Labute approximate surface area is 148 Å². The predicted octanol–water partition coefficient (Wildman–Crippen LogP) is 2.87. The first-order chi connectivity index (χ1) is 12.5. The number of carbonyl (C=O) groups excluding carboxylic acids is 4. The van der Waals surface area contributed by atoms with E-state index in [4.69, 9.17) is 0 Å². The Hall–Kier alpha value is -3.28. The van der Waals surface area contributed by atoms with Gasteiger partial charge in [-0.2, -0.15) is 0 Å². The molecule has 130 valence electrons. The summed E-state index contributed by atoms with van der Waals surface area (Å²) in [5.74, 6) is -2.37. The summed E-state index contributed by atoms with van der Waals surface area (Å²) in [6.45, 7) is 0. The fourth-order valence-electron chi connectivity index (χ4n) is 3.23. The van der Waals surface area contributed by atoms with E-state index in [9.17, 15) is 19.2 Å². The molecule has 2 aromatic carbocycles. The molecule has 2 aliphatic heterocycles. The maximum Gasteiger partial charge on any atom is 0.346 e. The second kappa shape index (κ2) is 6.22. The molecule has 2 heterocycles. The summed E-state index contributed by atoms with van der Waals surface area (Å²) in [4.78, 5) is 46.0. The molecule has 0 saturated heterocycles. The molecule has 26 heavy (non-hydrogen) atoms. The first-order valence-corrected chi connectivity index (χ1v) is 8.32. The summed E-state index contributed by atoms with van der Waals surface area (Å²) < 4.78 is 9.17. The van der Waals surface area contributed by atoms with Gasteiger partial charge in [0.15, 0.2) is 0 Å². The molecule has 4 rings (SSSR count). The lowest BCUT2D eigenvalue weighted by Gasteiger charge is -2.04. The molecule has 0 N–H and O–H groups in total. The van der Waals surface area contributed by atoms with Crippen molar-refractivity contribution in [3.05, 3.63) is 69.8 Å². The third kappa shape index (κ3) is 2.79. The van der Waals surface area contributed by atoms with Gasteiger partial charge in [-0.3, -0.25) is 0 Å². The fraction of sp³-hybridized carbons (Fsp3) is 0.200. The molecule has 0 amide bonds. The van der Waals surface area contributed by atoms with E-state index in [-0.39, 0.29) is 0 Å². The average Bonchev–Trinajstić information content (AvgIpc) is 3.07. The molecule has 0 unspecified atom stereocenters. The van der Waals surface area contributed by atoms with Gasteiger partial charge < -0.3 is 9.47 Å². The first-order valence-electron chi connectivity index (χ1n) is 8.32. The number of hydrogen-bond donors (Lipinski definition) is 0. The SMILES string of the molecule is O=C1OC(=O)c2cc(CCCCc3ccc4c(c3)C(=O)OC4=O)ccc21. The van der Waals surface area contributed by atoms with Crippen molar-refractivity contribution < 1.29 is 28.7 Å². The summed E-state index contributed by atoms with van der Waals surface area (Å²) in [7, 11) is 0. The van der Waals surface area contributed by atoms with Gasteiger partial charge in [0.25, 0.3) is 0 Å². The van der Waals surface area contributed by atoms with Crippen molar-refractivity contribution in [2.45, 2.75) is 25.7 Å². The van der Waals surface area contributed by atoms with E-state index < -0.39 is 23.9 Å². The minimum absolute atomic E-state index is 0.318. The fourth-order valence-corrected chi connectivity index (χ4v) is 3.23. The second-order valence-electron chi connectivity index (χ2n) is 6.32. The zero-order valence-electron chi connectivity index (χ0n) is 13.7. The highest BCUT2D eigenvalue weighted by Crippen LogP contribution is 2.24. The van der Waals surface area contributed by atoms with Crippen LogP contribution in [0, 0.1) is 0 Å². The van der Waals surface area contributed by atoms with Crippen molar-refractivity contribution in [2.24, 2.45) is 0 Å². The Morgan fingerprint density at radius 1 is 0.538 bits per heavy atom. The first kappa shape index (κ1) is 16.2. The largest absolute Gasteiger partial charge is 0.386 e. The molecule has 0 saturated carbocycles. The van der Waals surface area contributed by atoms with Crippen LogP contribution in [0.1, 0.15) is 65.4 Å². The van der Waals surface area contributed by atoms with Gasteiger partial charge in [-0.15, -0.1) is 0 Å². The number of ether oxygens (including phenoxy) is 2. The number of hydrogen-bond acceptors (Lipinski definition) is 6. The van der Waals surface area contributed by atoms with Crippen LogP contribution in [-0.4, -0.2) is 23.9 Å². The van der Waals surface area contributed by atoms with Crippen LogP contribution in [0.4, 0.5) is 0 Å². The minimum atomic E-state index is -0.592. The number of fused-ring (bicyclic) bond motifs is 2. The van der Waals surface area contributed by atoms with Crippen LogP contribution >= 0.6 is 0 Å². The third-order valence-corrected chi connectivity index (χ3v) is 4.60. The van der Waals surface area contributed by atoms with Gasteiger partial charge in [-0.05, 0) is 61.1 Å². The summed E-state index contributed by atoms with van der Waals surface area (Å²) in [5.41, 5.74) is 3.23. The van der Waals surface area contributed by atoms with Crippen LogP contribution in [0.15, 0.2) is 36.4 Å². The average molecular weight is 350 g/mol. The van der Waals surface area contributed by atoms with Gasteiger partial charge in [-0.25, -0.2) is 19.2 Å². The van der Waals surface area contributed by atoms with Crippen LogP contribution in [0.5, 0.6) is 0 Å². The Balaban J connectivity index is 1.35. The molecule has 0 fully saturated rings. The maximum absolute atomic E-state index is 11.6. The molecule has 0 bridgehead atoms. The molecule has 0 atom stereocenters. The molecular formula is C20H14O6. The highest BCUT2D eigenvalue weighted by atomic mass is 16.6. The van der Waals surface area contributed by atoms with Crippen molar-refractivity contribution in [2.75, 3.05) is 0 Å². The zero-order valence-corrected chi connectivity index (χ0v) is 13.7. The molecule has 2 aromatic rings. The van der Waals surface area contributed by atoms with E-state index in [2.05, 4.69) is 9.47 Å². The monoisotopic (exact) mass is 350 g/mol. The van der Waals surface area contributed by atoms with Crippen molar-refractivity contribution in [1.29, 1.82) is 0 Å². The van der Waals surface area contributed by atoms with Crippen LogP contribution in [0.25, 0.3) is 0 Å². The number of rotatable bonds is 5. The van der Waals surface area contributed by atoms with E-state index in [0.29, 0.717) is 22.3 Å². The van der Waals surface area contributed by atoms with Crippen LogP contribution in [0.3, 0.4) is 0 Å². The van der Waals surface area contributed by atoms with E-state index in [1.165, 1.54) is 0 Å². The highest BCUT2D eigenvalue weighted by molar-refractivity contribution is 6.15. The molecule has 0 aliphatic carbocycles. The van der Waals surface area contributed by atoms with Gasteiger partial charge in [0.1, 0.15) is 0 Å². The topological polar surface area (TPSA) is 86.7 Å². The van der Waals surface area contributed by atoms with E-state index in [0.717, 1.165) is 36.8 Å². The molecular weight excluding hydrogens is 336 g/mol. The van der Waals surface area contributed by atoms with Crippen LogP contribution in [0.2, 0.25) is 0 Å². The summed E-state index contributed by atoms with van der Waals surface area (Å²) in [6, 6.07) is 10.3. The van der Waals surface area contributed by atoms with Gasteiger partial charge >= 0.3 is 23.9 Å². The van der Waals surface area contributed by atoms with E-state index >= 15 is 0 Å². The highest BCUT2D eigenvalue weighted by Gasteiger charge is 2.30. The molecule has 6 heteroatoms. The number of carbonyl (C=O) groups is 4. The van der Waals surface area contributed by atoms with E-state index in [1.54, 1.807) is 24.3 Å². The lowest BCUT2D eigenvalue weighted by molar-refractivity contribution is 0.0425. The van der Waals surface area contributed by atoms with Crippen molar-refractivity contribution in [3.8, 4) is 0 Å². The molecule has 2 aliphatic rings. The van der Waals surface area contributed by atoms with Gasteiger partial charge in [-0.1, -0.05) is 12.1 Å². The lowest BCUT2D eigenvalue weighted by Crippen LogP contribution is -1.97. The standard InChI is InChI=1S/C20H14O6/c21-17-13-7-5-11(9-15(13)19(23)25-17)3-1-2-4-12-6-8-14-16(10-12)20(24)26-18(14)22/h5-10H,1-4H2. The molecule has 0 aromatic heterocycles. The molecule has 0 spiro atoms.